The number of likely N-dealkylation sites (tertiary alicyclic amines) is 1. The molecule has 2 fully saturated rings. The summed E-state index contributed by atoms with van der Waals surface area (Å²) in [7, 11) is 1.89. The molecule has 0 unspecified atom stereocenters. The van der Waals surface area contributed by atoms with Crippen molar-refractivity contribution in [1.29, 1.82) is 0 Å². The number of benzene rings is 2. The number of hydrogen-bond acceptors (Lipinski definition) is 7. The molecule has 6 rings (SSSR count). The third-order valence-corrected chi connectivity index (χ3v) is 10.6. The molecule has 4 amide bonds. The van der Waals surface area contributed by atoms with Crippen molar-refractivity contribution in [3.8, 4) is 0 Å². The van der Waals surface area contributed by atoms with Gasteiger partial charge in [-0.2, -0.15) is 0 Å². The van der Waals surface area contributed by atoms with E-state index in [1.807, 2.05) is 67.4 Å². The molecule has 11 nitrogen and oxygen atoms in total. The van der Waals surface area contributed by atoms with Gasteiger partial charge in [0, 0.05) is 55.3 Å². The lowest BCUT2D eigenvalue weighted by Crippen LogP contribution is -2.52. The van der Waals surface area contributed by atoms with Crippen LogP contribution in [0, 0.1) is 17.3 Å². The molecule has 0 radical (unpaired) electrons. The van der Waals surface area contributed by atoms with Crippen molar-refractivity contribution in [1.82, 2.24) is 25.4 Å². The number of aromatic nitrogens is 1. The van der Waals surface area contributed by atoms with E-state index in [1.165, 1.54) is 0 Å². The fourth-order valence-electron chi connectivity index (χ4n) is 7.54. The number of amides is 4. The lowest BCUT2D eigenvalue weighted by molar-refractivity contribution is -0.150. The highest BCUT2D eigenvalue weighted by Gasteiger charge is 2.42. The van der Waals surface area contributed by atoms with Crippen LogP contribution in [0.25, 0.3) is 0 Å². The summed E-state index contributed by atoms with van der Waals surface area (Å²) in [6, 6.07) is 19.1. The molecule has 2 aliphatic heterocycles. The molecule has 0 saturated carbocycles. The summed E-state index contributed by atoms with van der Waals surface area (Å²) >= 11 is 0. The minimum absolute atomic E-state index is 0.0500. The Morgan fingerprint density at radius 2 is 1.62 bits per heavy atom. The Morgan fingerprint density at radius 3 is 2.34 bits per heavy atom. The van der Waals surface area contributed by atoms with E-state index in [9.17, 15) is 19.2 Å². The third kappa shape index (κ3) is 8.39. The van der Waals surface area contributed by atoms with Gasteiger partial charge in [0.05, 0.1) is 0 Å². The van der Waals surface area contributed by atoms with Crippen LogP contribution in [0.1, 0.15) is 54.9 Å². The van der Waals surface area contributed by atoms with E-state index in [0.717, 1.165) is 48.2 Å². The summed E-state index contributed by atoms with van der Waals surface area (Å²) in [4.78, 5) is 62.1. The zero-order valence-corrected chi connectivity index (χ0v) is 29.2. The molecule has 1 atom stereocenters. The van der Waals surface area contributed by atoms with Gasteiger partial charge in [-0.1, -0.05) is 43.3 Å². The smallest absolute Gasteiger partial charge is 0.244 e. The monoisotopic (exact) mass is 679 g/mol. The molecule has 50 heavy (non-hydrogen) atoms. The predicted molar refractivity (Wildman–Crippen MR) is 193 cm³/mol. The molecule has 3 aromatic rings. The van der Waals surface area contributed by atoms with Gasteiger partial charge in [-0.05, 0) is 105 Å². The number of piperidine rings is 2. The molecule has 3 heterocycles. The standard InChI is InChI=1S/C39H49N7O4/c1-39(14-19-45(20-15-39)37(49)27-12-17-41-18-13-27)38(50)46(25-30-8-4-3-7-29(30)24-40-2)26-35(47)43-33-11-10-28-21-32(22-31(28)23-33)36(48)44-34-9-5-6-16-42-34/h3-11,16,23,27,32,40-41H,12-15,17-22,24-26H2,1-2H3,(H,43,47)(H,42,44,48)/t32-/m1/s1. The summed E-state index contributed by atoms with van der Waals surface area (Å²) in [5.74, 6) is 0.130. The first kappa shape index (κ1) is 35.2. The average Bonchev–Trinajstić information content (AvgIpc) is 3.57. The number of carbonyl (C=O) groups is 4. The molecule has 264 valence electrons. The number of rotatable bonds is 11. The fraction of sp³-hybridized carbons (Fsp3) is 0.462. The molecule has 11 heteroatoms. The summed E-state index contributed by atoms with van der Waals surface area (Å²) in [6.07, 6.45) is 5.65. The van der Waals surface area contributed by atoms with E-state index in [2.05, 4.69) is 26.3 Å². The van der Waals surface area contributed by atoms with Crippen LogP contribution < -0.4 is 21.3 Å². The normalized spacial score (nSPS) is 18.6. The number of pyridine rings is 1. The maximum Gasteiger partial charge on any atom is 0.244 e. The summed E-state index contributed by atoms with van der Waals surface area (Å²) < 4.78 is 0. The molecule has 1 aromatic heterocycles. The van der Waals surface area contributed by atoms with Gasteiger partial charge in [0.1, 0.15) is 12.4 Å². The first-order valence-corrected chi connectivity index (χ1v) is 17.9. The van der Waals surface area contributed by atoms with E-state index < -0.39 is 5.41 Å². The van der Waals surface area contributed by atoms with Crippen LogP contribution in [-0.4, -0.2) is 78.2 Å². The Balaban J connectivity index is 1.12. The number of nitrogens with zero attached hydrogens (tertiary/aromatic N) is 3. The van der Waals surface area contributed by atoms with Crippen LogP contribution in [0.15, 0.2) is 66.9 Å². The Hall–Kier alpha value is -4.61. The zero-order valence-electron chi connectivity index (χ0n) is 29.2. The second kappa shape index (κ2) is 15.9. The van der Waals surface area contributed by atoms with Gasteiger partial charge >= 0.3 is 0 Å². The van der Waals surface area contributed by atoms with Crippen LogP contribution in [-0.2, 0) is 45.1 Å². The van der Waals surface area contributed by atoms with Gasteiger partial charge in [-0.25, -0.2) is 4.98 Å². The maximum absolute atomic E-state index is 14.4. The number of carbonyl (C=O) groups excluding carboxylic acids is 4. The topological polar surface area (TPSA) is 136 Å². The molecule has 0 bridgehead atoms. The van der Waals surface area contributed by atoms with Gasteiger partial charge in [0.15, 0.2) is 0 Å². The highest BCUT2D eigenvalue weighted by Crippen LogP contribution is 2.35. The van der Waals surface area contributed by atoms with Crippen molar-refractivity contribution in [2.24, 2.45) is 17.3 Å². The van der Waals surface area contributed by atoms with Crippen LogP contribution in [0.2, 0.25) is 0 Å². The molecular formula is C39H49N7O4. The summed E-state index contributed by atoms with van der Waals surface area (Å²) in [6.45, 7) is 5.62. The molecular weight excluding hydrogens is 630 g/mol. The van der Waals surface area contributed by atoms with E-state index in [-0.39, 0.29) is 42.0 Å². The van der Waals surface area contributed by atoms with Crippen LogP contribution in [0.4, 0.5) is 11.5 Å². The first-order chi connectivity index (χ1) is 24.2. The van der Waals surface area contributed by atoms with E-state index >= 15 is 0 Å². The van der Waals surface area contributed by atoms with Gasteiger partial charge in [0.2, 0.25) is 23.6 Å². The quantitative estimate of drug-likeness (QED) is 0.243. The Kier molecular flexibility index (Phi) is 11.2. The first-order valence-electron chi connectivity index (χ1n) is 17.9. The number of nitrogens with one attached hydrogen (secondary N) is 4. The Labute approximate surface area is 294 Å². The van der Waals surface area contributed by atoms with Crippen LogP contribution in [0.3, 0.4) is 0 Å². The van der Waals surface area contributed by atoms with E-state index in [4.69, 9.17) is 0 Å². The second-order valence-corrected chi connectivity index (χ2v) is 14.2. The van der Waals surface area contributed by atoms with Gasteiger partial charge < -0.3 is 31.1 Å². The highest BCUT2D eigenvalue weighted by atomic mass is 16.2. The third-order valence-electron chi connectivity index (χ3n) is 10.6. The van der Waals surface area contributed by atoms with Crippen molar-refractivity contribution >= 4 is 35.1 Å². The van der Waals surface area contributed by atoms with Crippen molar-refractivity contribution in [3.63, 3.8) is 0 Å². The minimum atomic E-state index is -0.693. The second-order valence-electron chi connectivity index (χ2n) is 14.2. The van der Waals surface area contributed by atoms with Gasteiger partial charge in [-0.3, -0.25) is 19.2 Å². The highest BCUT2D eigenvalue weighted by molar-refractivity contribution is 5.96. The van der Waals surface area contributed by atoms with E-state index in [0.29, 0.717) is 63.4 Å². The average molecular weight is 680 g/mol. The van der Waals surface area contributed by atoms with Crippen molar-refractivity contribution in [2.45, 2.75) is 58.5 Å². The number of hydrogen-bond donors (Lipinski definition) is 4. The van der Waals surface area contributed by atoms with Crippen molar-refractivity contribution in [3.05, 3.63) is 89.1 Å². The molecule has 2 aromatic carbocycles. The Morgan fingerprint density at radius 1 is 0.900 bits per heavy atom. The predicted octanol–water partition coefficient (Wildman–Crippen LogP) is 3.75. The molecule has 2 saturated heterocycles. The number of fused-ring (bicyclic) bond motifs is 1. The fourth-order valence-corrected chi connectivity index (χ4v) is 7.54. The molecule has 0 spiro atoms. The zero-order chi connectivity index (χ0) is 35.1. The van der Waals surface area contributed by atoms with Gasteiger partial charge in [0.25, 0.3) is 0 Å². The van der Waals surface area contributed by atoms with Crippen LogP contribution >= 0.6 is 0 Å². The minimum Gasteiger partial charge on any atom is -0.342 e. The summed E-state index contributed by atoms with van der Waals surface area (Å²) in [5, 5.41) is 12.5. The summed E-state index contributed by atoms with van der Waals surface area (Å²) in [5.41, 5.74) is 4.11. The lowest BCUT2D eigenvalue weighted by atomic mass is 9.78. The lowest BCUT2D eigenvalue weighted by Gasteiger charge is -2.42. The molecule has 3 aliphatic rings. The molecule has 1 aliphatic carbocycles. The van der Waals surface area contributed by atoms with E-state index in [1.54, 1.807) is 23.2 Å². The molecule has 4 N–H and O–H groups in total. The number of anilines is 2. The van der Waals surface area contributed by atoms with Crippen molar-refractivity contribution in [2.75, 3.05) is 50.4 Å². The van der Waals surface area contributed by atoms with Gasteiger partial charge in [-0.15, -0.1) is 0 Å². The maximum atomic E-state index is 14.4. The SMILES string of the molecule is CNCc1ccccc1CN(CC(=O)Nc1ccc2c(c1)C[C@H](C(=O)Nc1ccccn1)C2)C(=O)C1(C)CCN(C(=O)C2CCNCC2)CC1. The Bertz CT molecular complexity index is 1680. The largest absolute Gasteiger partial charge is 0.342 e. The van der Waals surface area contributed by atoms with Crippen LogP contribution in [0.5, 0.6) is 0 Å². The van der Waals surface area contributed by atoms with Crippen molar-refractivity contribution < 1.29 is 19.2 Å².